The van der Waals surface area contributed by atoms with Crippen LogP contribution in [0.1, 0.15) is 36.7 Å². The number of nitrogens with zero attached hydrogens (tertiary/aromatic N) is 2. The Morgan fingerprint density at radius 3 is 2.82 bits per heavy atom. The van der Waals surface area contributed by atoms with Gasteiger partial charge in [0.05, 0.1) is 22.8 Å². The maximum Gasteiger partial charge on any atom is 0.258 e. The molecule has 1 atom stereocenters. The highest BCUT2D eigenvalue weighted by molar-refractivity contribution is 8.04. The quantitative estimate of drug-likeness (QED) is 0.338. The van der Waals surface area contributed by atoms with Crippen LogP contribution in [0.2, 0.25) is 0 Å². The molecular formula is C25H28N4O2S2. The predicted octanol–water partition coefficient (Wildman–Crippen LogP) is 4.68. The third-order valence-corrected chi connectivity index (χ3v) is 6.80. The molecule has 3 N–H and O–H groups in total. The van der Waals surface area contributed by atoms with Gasteiger partial charge >= 0.3 is 0 Å². The number of carbonyl (C=O) groups excluding carboxylic acids is 1. The summed E-state index contributed by atoms with van der Waals surface area (Å²) in [4.78, 5) is 23.1. The number of aryl methyl sites for hydroxylation is 2. The molecule has 1 fully saturated rings. The number of thiocarbonyl (C=S) groups is 1. The van der Waals surface area contributed by atoms with Crippen LogP contribution in [-0.4, -0.2) is 26.2 Å². The van der Waals surface area contributed by atoms with Crippen LogP contribution in [0.3, 0.4) is 0 Å². The van der Waals surface area contributed by atoms with Crippen molar-refractivity contribution in [3.8, 4) is 5.75 Å². The molecule has 0 saturated heterocycles. The number of rotatable bonds is 7. The minimum Gasteiger partial charge on any atom is -0.478 e. The van der Waals surface area contributed by atoms with Gasteiger partial charge in [0.2, 0.25) is 0 Å². The number of hydrogen-bond acceptors (Lipinski definition) is 7. The zero-order valence-electron chi connectivity index (χ0n) is 19.1. The summed E-state index contributed by atoms with van der Waals surface area (Å²) < 4.78 is 6.08. The number of amides is 1. The van der Waals surface area contributed by atoms with E-state index in [4.69, 9.17) is 22.7 Å². The molecule has 1 unspecified atom stereocenters. The molecular weight excluding hydrogens is 452 g/mol. The van der Waals surface area contributed by atoms with E-state index in [2.05, 4.69) is 21.9 Å². The molecule has 0 aliphatic heterocycles. The van der Waals surface area contributed by atoms with Crippen LogP contribution in [0.5, 0.6) is 5.75 Å². The standard InChI is InChI=1S/C25H28N4O2S2/c1-15-9-11-28-20(12-15)14-29-25(30)24(21-8-7-19(13-26)23(32)16(21)2)33-18(4)31-22-6-5-10-27-17(22)3/h5-6,9-13,18H,2,7-8,14,26H2,1,3-4H3,(H,29,30)/b19-13?,24-21-. The zero-order chi connectivity index (χ0) is 24.0. The van der Waals surface area contributed by atoms with E-state index >= 15 is 0 Å². The normalized spacial score (nSPS) is 17.6. The van der Waals surface area contributed by atoms with Crippen LogP contribution >= 0.6 is 24.0 Å². The lowest BCUT2D eigenvalue weighted by Crippen LogP contribution is -2.28. The molecule has 2 heterocycles. The van der Waals surface area contributed by atoms with Crippen molar-refractivity contribution in [1.82, 2.24) is 15.3 Å². The van der Waals surface area contributed by atoms with Gasteiger partial charge in [0.15, 0.2) is 0 Å². The molecule has 1 amide bonds. The lowest BCUT2D eigenvalue weighted by molar-refractivity contribution is -0.117. The van der Waals surface area contributed by atoms with E-state index < -0.39 is 0 Å². The first kappa shape index (κ1) is 24.7. The number of ether oxygens (including phenoxy) is 1. The van der Waals surface area contributed by atoms with Crippen LogP contribution in [0.25, 0.3) is 0 Å². The molecule has 0 spiro atoms. The Hall–Kier alpha value is -2.97. The van der Waals surface area contributed by atoms with Gasteiger partial charge in [-0.3, -0.25) is 14.8 Å². The fourth-order valence-electron chi connectivity index (χ4n) is 3.44. The second-order valence-corrected chi connectivity index (χ2v) is 9.42. The molecule has 1 aliphatic rings. The van der Waals surface area contributed by atoms with Crippen LogP contribution in [0.15, 0.2) is 71.1 Å². The van der Waals surface area contributed by atoms with Crippen molar-refractivity contribution in [1.29, 1.82) is 0 Å². The Morgan fingerprint density at radius 2 is 2.12 bits per heavy atom. The molecule has 33 heavy (non-hydrogen) atoms. The first-order chi connectivity index (χ1) is 15.8. The SMILES string of the molecule is C=C1C(=S)C(=CN)CC/C1=C(/SC(C)Oc1cccnc1C)C(=O)NCc1cc(C)ccn1. The van der Waals surface area contributed by atoms with Crippen molar-refractivity contribution in [2.75, 3.05) is 0 Å². The summed E-state index contributed by atoms with van der Waals surface area (Å²) in [6.45, 7) is 10.3. The molecule has 2 aromatic heterocycles. The number of allylic oxidation sites excluding steroid dienone is 3. The monoisotopic (exact) mass is 480 g/mol. The van der Waals surface area contributed by atoms with Crippen molar-refractivity contribution in [2.24, 2.45) is 5.73 Å². The highest BCUT2D eigenvalue weighted by atomic mass is 32.2. The Balaban J connectivity index is 1.85. The number of carbonyl (C=O) groups is 1. The van der Waals surface area contributed by atoms with E-state index in [0.717, 1.165) is 28.1 Å². The molecule has 6 nitrogen and oxygen atoms in total. The minimum atomic E-state index is -0.342. The fraction of sp³-hybridized carbons (Fsp3) is 0.280. The molecule has 2 aromatic rings. The number of aromatic nitrogens is 2. The smallest absolute Gasteiger partial charge is 0.258 e. The average molecular weight is 481 g/mol. The van der Waals surface area contributed by atoms with Gasteiger partial charge in [0, 0.05) is 17.3 Å². The Morgan fingerprint density at radius 1 is 1.33 bits per heavy atom. The summed E-state index contributed by atoms with van der Waals surface area (Å²) >= 11 is 6.89. The van der Waals surface area contributed by atoms with Crippen LogP contribution in [0.4, 0.5) is 0 Å². The highest BCUT2D eigenvalue weighted by Crippen LogP contribution is 2.37. The van der Waals surface area contributed by atoms with Crippen molar-refractivity contribution in [3.05, 3.63) is 88.0 Å². The van der Waals surface area contributed by atoms with Gasteiger partial charge in [0.25, 0.3) is 5.91 Å². The predicted molar refractivity (Wildman–Crippen MR) is 138 cm³/mol. The van der Waals surface area contributed by atoms with E-state index in [9.17, 15) is 4.79 Å². The largest absolute Gasteiger partial charge is 0.478 e. The summed E-state index contributed by atoms with van der Waals surface area (Å²) in [5.41, 5.74) is 10.4. The van der Waals surface area contributed by atoms with Gasteiger partial charge in [-0.15, -0.1) is 0 Å². The van der Waals surface area contributed by atoms with Crippen LogP contribution in [-0.2, 0) is 11.3 Å². The van der Waals surface area contributed by atoms with Crippen LogP contribution < -0.4 is 15.8 Å². The number of nitrogens with two attached hydrogens (primary N) is 1. The van der Waals surface area contributed by atoms with Crippen molar-refractivity contribution in [2.45, 2.75) is 45.6 Å². The highest BCUT2D eigenvalue weighted by Gasteiger charge is 2.27. The summed E-state index contributed by atoms with van der Waals surface area (Å²) in [7, 11) is 0. The topological polar surface area (TPSA) is 90.1 Å². The first-order valence-electron chi connectivity index (χ1n) is 10.6. The van der Waals surface area contributed by atoms with Gasteiger partial charge in [0.1, 0.15) is 11.2 Å². The summed E-state index contributed by atoms with van der Waals surface area (Å²) in [6, 6.07) is 7.55. The van der Waals surface area contributed by atoms with Crippen molar-refractivity contribution in [3.63, 3.8) is 0 Å². The fourth-order valence-corrected chi connectivity index (χ4v) is 4.76. The second kappa shape index (κ2) is 11.2. The molecule has 0 radical (unpaired) electrons. The van der Waals surface area contributed by atoms with Crippen molar-refractivity contribution >= 4 is 34.8 Å². The molecule has 1 aliphatic carbocycles. The van der Waals surface area contributed by atoms with E-state index in [1.807, 2.05) is 45.0 Å². The second-order valence-electron chi connectivity index (χ2n) is 7.70. The molecule has 172 valence electrons. The van der Waals surface area contributed by atoms with Gasteiger partial charge < -0.3 is 15.8 Å². The van der Waals surface area contributed by atoms with Crippen molar-refractivity contribution < 1.29 is 9.53 Å². The molecule has 3 rings (SSSR count). The Kier molecular flexibility index (Phi) is 8.41. The molecule has 0 bridgehead atoms. The summed E-state index contributed by atoms with van der Waals surface area (Å²) in [5.74, 6) is 0.471. The first-order valence-corrected chi connectivity index (χ1v) is 11.9. The van der Waals surface area contributed by atoms with E-state index in [1.54, 1.807) is 12.4 Å². The number of nitrogens with one attached hydrogen (secondary N) is 1. The summed E-state index contributed by atoms with van der Waals surface area (Å²) in [5, 5.41) is 2.99. The maximum absolute atomic E-state index is 13.3. The van der Waals surface area contributed by atoms with E-state index in [-0.39, 0.29) is 11.3 Å². The van der Waals surface area contributed by atoms with Gasteiger partial charge in [-0.2, -0.15) is 0 Å². The maximum atomic E-state index is 13.3. The third-order valence-electron chi connectivity index (χ3n) is 5.19. The van der Waals surface area contributed by atoms with Gasteiger partial charge in [-0.1, -0.05) is 30.6 Å². The lowest BCUT2D eigenvalue weighted by Gasteiger charge is -2.25. The molecule has 1 saturated carbocycles. The molecule has 8 heteroatoms. The minimum absolute atomic E-state index is 0.208. The number of pyridine rings is 2. The Bertz CT molecular complexity index is 1140. The van der Waals surface area contributed by atoms with Crippen LogP contribution in [0, 0.1) is 13.8 Å². The number of thioether (sulfide) groups is 1. The molecule has 0 aromatic carbocycles. The lowest BCUT2D eigenvalue weighted by atomic mass is 9.86. The Labute approximate surface area is 204 Å². The van der Waals surface area contributed by atoms with E-state index in [1.165, 1.54) is 18.0 Å². The van der Waals surface area contributed by atoms with Gasteiger partial charge in [-0.05, 0) is 86.4 Å². The number of hydrogen-bond donors (Lipinski definition) is 2. The average Bonchev–Trinajstić information content (AvgIpc) is 2.79. The summed E-state index contributed by atoms with van der Waals surface area (Å²) in [6.07, 6.45) is 6.27. The zero-order valence-corrected chi connectivity index (χ0v) is 20.7. The third kappa shape index (κ3) is 6.30. The van der Waals surface area contributed by atoms with E-state index in [0.29, 0.717) is 40.5 Å². The van der Waals surface area contributed by atoms with Gasteiger partial charge in [-0.25, -0.2) is 0 Å².